The van der Waals surface area contributed by atoms with Gasteiger partial charge in [-0.2, -0.15) is 8.61 Å². The molecule has 2 N–H and O–H groups in total. The molecule has 5 rings (SSSR count). The molecule has 3 aromatic carbocycles. The standard InChI is InChI=1S/C28H36N4O6S2/c1-17-9-18(2)14-31(13-17)39(35,36)21-5-7-23-25(11-21)28(30-34)26-12-22(6-8-24(26)27(23)29-33)40(37,38)32-15-19(3)10-20(4)16-32/h5-8,11-12,17-20,29,33H,9-10,13-16H2,1-4H3. The van der Waals surface area contributed by atoms with Gasteiger partial charge >= 0.3 is 0 Å². The first-order chi connectivity index (χ1) is 18.9. The molecule has 2 saturated heterocycles. The molecule has 0 spiro atoms. The lowest BCUT2D eigenvalue weighted by molar-refractivity contribution is 0.222. The largest absolute Gasteiger partial charge is 0.291 e. The summed E-state index contributed by atoms with van der Waals surface area (Å²) < 4.78 is 57.4. The average molecular weight is 589 g/mol. The maximum atomic E-state index is 13.6. The summed E-state index contributed by atoms with van der Waals surface area (Å²) in [4.78, 5) is 12.3. The molecule has 12 heteroatoms. The van der Waals surface area contributed by atoms with Crippen LogP contribution in [0.25, 0.3) is 21.5 Å². The van der Waals surface area contributed by atoms with Crippen molar-refractivity contribution in [2.45, 2.75) is 50.3 Å². The molecule has 4 atom stereocenters. The third-order valence-electron chi connectivity index (χ3n) is 8.18. The van der Waals surface area contributed by atoms with Crippen LogP contribution in [-0.4, -0.2) is 56.8 Å². The molecule has 0 amide bonds. The Hall–Kier alpha value is -2.64. The van der Waals surface area contributed by atoms with E-state index in [1.807, 2.05) is 27.7 Å². The Morgan fingerprint density at radius 1 is 0.700 bits per heavy atom. The second-order valence-corrected chi connectivity index (χ2v) is 15.8. The first kappa shape index (κ1) is 28.9. The highest BCUT2D eigenvalue weighted by molar-refractivity contribution is 7.89. The molecule has 0 saturated carbocycles. The van der Waals surface area contributed by atoms with Gasteiger partial charge < -0.3 is 0 Å². The van der Waals surface area contributed by atoms with Crippen molar-refractivity contribution in [3.8, 4) is 0 Å². The summed E-state index contributed by atoms with van der Waals surface area (Å²) in [5, 5.41) is 14.5. The number of anilines is 1. The first-order valence-corrected chi connectivity index (χ1v) is 16.5. The summed E-state index contributed by atoms with van der Waals surface area (Å²) in [7, 11) is -7.74. The quantitative estimate of drug-likeness (QED) is 0.220. The van der Waals surface area contributed by atoms with Gasteiger partial charge in [0.2, 0.25) is 20.0 Å². The molecule has 2 heterocycles. The fourth-order valence-electron chi connectivity index (χ4n) is 6.61. The highest BCUT2D eigenvalue weighted by atomic mass is 32.2. The Morgan fingerprint density at radius 3 is 1.40 bits per heavy atom. The van der Waals surface area contributed by atoms with Crippen molar-refractivity contribution in [3.05, 3.63) is 41.3 Å². The van der Waals surface area contributed by atoms with Crippen LogP contribution in [0.5, 0.6) is 0 Å². The van der Waals surface area contributed by atoms with Crippen LogP contribution >= 0.6 is 0 Å². The van der Waals surface area contributed by atoms with Crippen molar-refractivity contribution in [2.24, 2.45) is 28.8 Å². The highest BCUT2D eigenvalue weighted by Crippen LogP contribution is 2.43. The molecule has 216 valence electrons. The molecular formula is C28H36N4O6S2. The number of hydrogen-bond acceptors (Lipinski definition) is 8. The summed E-state index contributed by atoms with van der Waals surface area (Å²) in [6.45, 7) is 9.70. The van der Waals surface area contributed by atoms with Gasteiger partial charge in [0.15, 0.2) is 0 Å². The summed E-state index contributed by atoms with van der Waals surface area (Å²) >= 11 is 0. The topological polar surface area (TPSA) is 136 Å². The van der Waals surface area contributed by atoms with Gasteiger partial charge in [-0.3, -0.25) is 10.7 Å². The van der Waals surface area contributed by atoms with Crippen LogP contribution < -0.4 is 5.48 Å². The van der Waals surface area contributed by atoms with Crippen LogP contribution in [0.15, 0.2) is 51.4 Å². The number of nitroso groups, excluding NO2 is 1. The molecule has 4 unspecified atom stereocenters. The number of rotatable bonds is 6. The smallest absolute Gasteiger partial charge is 0.243 e. The zero-order chi connectivity index (χ0) is 29.0. The Bertz CT molecular complexity index is 1560. The summed E-state index contributed by atoms with van der Waals surface area (Å²) in [6.07, 6.45) is 1.89. The molecule has 2 aliphatic heterocycles. The molecule has 3 aromatic rings. The van der Waals surface area contributed by atoms with Crippen LogP contribution in [0.4, 0.5) is 11.4 Å². The van der Waals surface area contributed by atoms with Crippen molar-refractivity contribution < 1.29 is 22.0 Å². The van der Waals surface area contributed by atoms with Gasteiger partial charge in [0.25, 0.3) is 0 Å². The van der Waals surface area contributed by atoms with Gasteiger partial charge in [0, 0.05) is 47.7 Å². The van der Waals surface area contributed by atoms with Crippen LogP contribution in [-0.2, 0) is 20.0 Å². The lowest BCUT2D eigenvalue weighted by Crippen LogP contribution is -2.42. The van der Waals surface area contributed by atoms with Gasteiger partial charge in [-0.05, 0) is 66.0 Å². The molecule has 0 aromatic heterocycles. The summed E-state index contributed by atoms with van der Waals surface area (Å²) in [6, 6.07) is 8.77. The van der Waals surface area contributed by atoms with Crippen LogP contribution in [0.3, 0.4) is 0 Å². The van der Waals surface area contributed by atoms with Crippen molar-refractivity contribution in [1.82, 2.24) is 8.61 Å². The number of piperidine rings is 2. The Labute approximate surface area is 235 Å². The number of benzene rings is 3. The Morgan fingerprint density at radius 2 is 1.07 bits per heavy atom. The van der Waals surface area contributed by atoms with Gasteiger partial charge in [-0.1, -0.05) is 39.8 Å². The monoisotopic (exact) mass is 588 g/mol. The molecule has 2 fully saturated rings. The zero-order valence-corrected chi connectivity index (χ0v) is 24.8. The minimum Gasteiger partial charge on any atom is -0.291 e. The molecular weight excluding hydrogens is 552 g/mol. The van der Waals surface area contributed by atoms with Crippen LogP contribution in [0, 0.1) is 28.6 Å². The fourth-order valence-corrected chi connectivity index (χ4v) is 10.0. The summed E-state index contributed by atoms with van der Waals surface area (Å²) in [5.74, 6) is 0.858. The fraction of sp³-hybridized carbons (Fsp3) is 0.500. The molecule has 0 aliphatic carbocycles. The first-order valence-electron chi connectivity index (χ1n) is 13.6. The number of nitrogens with zero attached hydrogens (tertiary/aromatic N) is 3. The SMILES string of the molecule is CC1CC(C)CN(S(=O)(=O)c2ccc3c(NO)c4ccc(S(=O)(=O)N5CC(C)CC(C)C5)cc4c(N=O)c3c2)C1. The molecule has 0 bridgehead atoms. The second-order valence-electron chi connectivity index (χ2n) is 11.9. The second kappa shape index (κ2) is 10.6. The van der Waals surface area contributed by atoms with Gasteiger partial charge in [-0.15, -0.1) is 4.91 Å². The van der Waals surface area contributed by atoms with Crippen molar-refractivity contribution in [3.63, 3.8) is 0 Å². The van der Waals surface area contributed by atoms with E-state index in [0.717, 1.165) is 12.8 Å². The van der Waals surface area contributed by atoms with E-state index < -0.39 is 20.0 Å². The number of fused-ring (bicyclic) bond motifs is 2. The zero-order valence-electron chi connectivity index (χ0n) is 23.2. The molecule has 40 heavy (non-hydrogen) atoms. The lowest BCUT2D eigenvalue weighted by atomic mass is 9.94. The maximum Gasteiger partial charge on any atom is 0.243 e. The predicted molar refractivity (Wildman–Crippen MR) is 156 cm³/mol. The van der Waals surface area contributed by atoms with Crippen LogP contribution in [0.1, 0.15) is 40.5 Å². The van der Waals surface area contributed by atoms with Crippen molar-refractivity contribution in [2.75, 3.05) is 31.7 Å². The third-order valence-corrected chi connectivity index (χ3v) is 11.8. The van der Waals surface area contributed by atoms with Crippen molar-refractivity contribution in [1.29, 1.82) is 0 Å². The van der Waals surface area contributed by atoms with Gasteiger partial charge in [-0.25, -0.2) is 16.8 Å². The van der Waals surface area contributed by atoms with E-state index in [1.165, 1.54) is 45.0 Å². The van der Waals surface area contributed by atoms with E-state index >= 15 is 0 Å². The van der Waals surface area contributed by atoms with E-state index in [4.69, 9.17) is 0 Å². The summed E-state index contributed by atoms with van der Waals surface area (Å²) in [5.41, 5.74) is 2.31. The van der Waals surface area contributed by atoms with Crippen molar-refractivity contribution >= 4 is 53.0 Å². The Balaban J connectivity index is 1.68. The molecule has 10 nitrogen and oxygen atoms in total. The number of sulfonamides is 2. The number of hydrogen-bond donors (Lipinski definition) is 2. The lowest BCUT2D eigenvalue weighted by Gasteiger charge is -2.34. The average Bonchev–Trinajstić information content (AvgIpc) is 2.89. The van der Waals surface area contributed by atoms with E-state index in [9.17, 15) is 26.9 Å². The van der Waals surface area contributed by atoms with Gasteiger partial charge in [0.05, 0.1) is 15.5 Å². The Kier molecular flexibility index (Phi) is 7.68. The van der Waals surface area contributed by atoms with Crippen LogP contribution in [0.2, 0.25) is 0 Å². The van der Waals surface area contributed by atoms with E-state index in [0.29, 0.717) is 37.0 Å². The molecule has 2 aliphatic rings. The maximum absolute atomic E-state index is 13.6. The van der Waals surface area contributed by atoms with E-state index in [-0.39, 0.29) is 55.6 Å². The van der Waals surface area contributed by atoms with E-state index in [2.05, 4.69) is 10.7 Å². The minimum atomic E-state index is -3.87. The number of nitrogens with one attached hydrogen (secondary N) is 1. The van der Waals surface area contributed by atoms with E-state index in [1.54, 1.807) is 0 Å². The third kappa shape index (κ3) is 5.00. The van der Waals surface area contributed by atoms with Gasteiger partial charge in [0.1, 0.15) is 5.69 Å². The molecule has 0 radical (unpaired) electrons. The highest BCUT2D eigenvalue weighted by Gasteiger charge is 2.34. The minimum absolute atomic E-state index is 0.00880. The normalized spacial score (nSPS) is 25.3. The predicted octanol–water partition coefficient (Wildman–Crippen LogP) is 5.53.